The first-order chi connectivity index (χ1) is 13.0. The number of carbonyl (C=O) groups excluding carboxylic acids is 1. The highest BCUT2D eigenvalue weighted by molar-refractivity contribution is 7.99. The van der Waals surface area contributed by atoms with Crippen LogP contribution in [0.25, 0.3) is 5.69 Å². The Morgan fingerprint density at radius 3 is 2.70 bits per heavy atom. The topological polar surface area (TPSA) is 52.7 Å². The number of hydrogen-bond acceptors (Lipinski definition) is 4. The van der Waals surface area contributed by atoms with Gasteiger partial charge in [0.05, 0.1) is 5.75 Å². The van der Waals surface area contributed by atoms with Crippen molar-refractivity contribution in [1.29, 1.82) is 0 Å². The highest BCUT2D eigenvalue weighted by Gasteiger charge is 2.28. The minimum Gasteiger partial charge on any atom is -0.318 e. The van der Waals surface area contributed by atoms with E-state index in [1.54, 1.807) is 0 Å². The lowest BCUT2D eigenvalue weighted by atomic mass is 10.2. The number of carbonyl (C=O) groups is 1. The van der Waals surface area contributed by atoms with E-state index in [2.05, 4.69) is 19.3 Å². The second-order valence-corrected chi connectivity index (χ2v) is 8.32. The van der Waals surface area contributed by atoms with E-state index in [1.165, 1.54) is 24.6 Å². The van der Waals surface area contributed by atoms with Gasteiger partial charge in [-0.1, -0.05) is 29.4 Å². The van der Waals surface area contributed by atoms with Crippen molar-refractivity contribution in [3.8, 4) is 5.69 Å². The lowest BCUT2D eigenvalue weighted by Gasteiger charge is -2.10. The van der Waals surface area contributed by atoms with Crippen LogP contribution in [0.2, 0.25) is 5.02 Å². The molecule has 0 aliphatic heterocycles. The SMILES string of the molecule is Cc1cc(C(=O)CSc2nnc(C)n2C2CC2)c(C)n1-c1cccc(Cl)c1. The van der Waals surface area contributed by atoms with Crippen LogP contribution in [-0.4, -0.2) is 30.9 Å². The Labute approximate surface area is 167 Å². The van der Waals surface area contributed by atoms with Crippen molar-refractivity contribution in [2.24, 2.45) is 0 Å². The number of nitrogens with zero attached hydrogens (tertiary/aromatic N) is 4. The predicted molar refractivity (Wildman–Crippen MR) is 108 cm³/mol. The molecule has 0 spiro atoms. The minimum atomic E-state index is 0.101. The van der Waals surface area contributed by atoms with E-state index >= 15 is 0 Å². The number of aromatic nitrogens is 4. The van der Waals surface area contributed by atoms with Gasteiger partial charge in [-0.15, -0.1) is 10.2 Å². The number of thioether (sulfide) groups is 1. The Morgan fingerprint density at radius 1 is 1.22 bits per heavy atom. The Morgan fingerprint density at radius 2 is 2.00 bits per heavy atom. The molecule has 0 atom stereocenters. The molecule has 1 aliphatic carbocycles. The fraction of sp³-hybridized carbons (Fsp3) is 0.350. The zero-order valence-electron chi connectivity index (χ0n) is 15.6. The van der Waals surface area contributed by atoms with Crippen LogP contribution in [0.15, 0.2) is 35.5 Å². The van der Waals surface area contributed by atoms with Crippen molar-refractivity contribution >= 4 is 29.1 Å². The molecule has 0 N–H and O–H groups in total. The molecule has 2 heterocycles. The Kier molecular flexibility index (Phi) is 4.86. The summed E-state index contributed by atoms with van der Waals surface area (Å²) in [6, 6.07) is 10.1. The van der Waals surface area contributed by atoms with Crippen molar-refractivity contribution in [2.45, 2.75) is 44.8 Å². The summed E-state index contributed by atoms with van der Waals surface area (Å²) in [5.74, 6) is 1.38. The van der Waals surface area contributed by atoms with E-state index in [0.717, 1.165) is 33.6 Å². The molecule has 3 aromatic rings. The number of aryl methyl sites for hydroxylation is 2. The van der Waals surface area contributed by atoms with E-state index < -0.39 is 0 Å². The molecule has 0 bridgehead atoms. The molecule has 0 saturated heterocycles. The molecule has 1 fully saturated rings. The van der Waals surface area contributed by atoms with Crippen molar-refractivity contribution in [1.82, 2.24) is 19.3 Å². The second-order valence-electron chi connectivity index (χ2n) is 6.94. The van der Waals surface area contributed by atoms with Crippen LogP contribution in [0.4, 0.5) is 0 Å². The monoisotopic (exact) mass is 400 g/mol. The molecule has 27 heavy (non-hydrogen) atoms. The first-order valence-electron chi connectivity index (χ1n) is 8.98. The summed E-state index contributed by atoms with van der Waals surface area (Å²) >= 11 is 7.61. The molecule has 4 rings (SSSR count). The fourth-order valence-electron chi connectivity index (χ4n) is 3.47. The average Bonchev–Trinajstić information content (AvgIpc) is 3.33. The molecule has 0 radical (unpaired) electrons. The van der Waals surface area contributed by atoms with E-state index in [1.807, 2.05) is 51.1 Å². The zero-order valence-corrected chi connectivity index (χ0v) is 17.1. The lowest BCUT2D eigenvalue weighted by Crippen LogP contribution is -2.07. The average molecular weight is 401 g/mol. The Balaban J connectivity index is 1.55. The quantitative estimate of drug-likeness (QED) is 0.433. The summed E-state index contributed by atoms with van der Waals surface area (Å²) in [5, 5.41) is 9.94. The van der Waals surface area contributed by atoms with Crippen molar-refractivity contribution in [3.63, 3.8) is 0 Å². The van der Waals surface area contributed by atoms with Gasteiger partial charge in [0.2, 0.25) is 0 Å². The fourth-order valence-corrected chi connectivity index (χ4v) is 4.59. The number of Topliss-reactive ketones (excluding diaryl/α,β-unsaturated/α-hetero) is 1. The van der Waals surface area contributed by atoms with Gasteiger partial charge in [-0.05, 0) is 57.9 Å². The van der Waals surface area contributed by atoms with Gasteiger partial charge in [-0.2, -0.15) is 0 Å². The van der Waals surface area contributed by atoms with E-state index in [4.69, 9.17) is 11.6 Å². The first kappa shape index (κ1) is 18.3. The third-order valence-electron chi connectivity index (χ3n) is 4.88. The molecule has 5 nitrogen and oxygen atoms in total. The minimum absolute atomic E-state index is 0.101. The standard InChI is InChI=1S/C20H21ClN4OS/c1-12-9-18(13(2)24(12)17-6-4-5-15(21)10-17)19(26)11-27-20-23-22-14(3)25(20)16-7-8-16/h4-6,9-10,16H,7-8,11H2,1-3H3. The van der Waals surface area contributed by atoms with Crippen LogP contribution in [0, 0.1) is 20.8 Å². The van der Waals surface area contributed by atoms with Crippen molar-refractivity contribution in [3.05, 3.63) is 58.1 Å². The maximum atomic E-state index is 12.9. The van der Waals surface area contributed by atoms with Crippen LogP contribution >= 0.6 is 23.4 Å². The van der Waals surface area contributed by atoms with Crippen LogP contribution < -0.4 is 0 Å². The largest absolute Gasteiger partial charge is 0.318 e. The zero-order chi connectivity index (χ0) is 19.1. The van der Waals surface area contributed by atoms with Crippen LogP contribution in [0.5, 0.6) is 0 Å². The van der Waals surface area contributed by atoms with Crippen molar-refractivity contribution in [2.75, 3.05) is 5.75 Å². The van der Waals surface area contributed by atoms with E-state index in [9.17, 15) is 4.79 Å². The summed E-state index contributed by atoms with van der Waals surface area (Å²) < 4.78 is 4.23. The molecule has 7 heteroatoms. The van der Waals surface area contributed by atoms with Crippen molar-refractivity contribution < 1.29 is 4.79 Å². The summed E-state index contributed by atoms with van der Waals surface area (Å²) in [5.41, 5.74) is 3.66. The van der Waals surface area contributed by atoms with Gasteiger partial charge in [-0.25, -0.2) is 0 Å². The smallest absolute Gasteiger partial charge is 0.191 e. The lowest BCUT2D eigenvalue weighted by molar-refractivity contribution is 0.102. The summed E-state index contributed by atoms with van der Waals surface area (Å²) in [7, 11) is 0. The maximum Gasteiger partial charge on any atom is 0.191 e. The molecule has 140 valence electrons. The number of benzene rings is 1. The number of ketones is 1. The Bertz CT molecular complexity index is 1020. The molecule has 0 amide bonds. The third kappa shape index (κ3) is 3.56. The van der Waals surface area contributed by atoms with E-state index in [0.29, 0.717) is 16.8 Å². The third-order valence-corrected chi connectivity index (χ3v) is 6.06. The van der Waals surface area contributed by atoms with Gasteiger partial charge in [0, 0.05) is 33.7 Å². The van der Waals surface area contributed by atoms with Gasteiger partial charge in [0.25, 0.3) is 0 Å². The summed E-state index contributed by atoms with van der Waals surface area (Å²) in [6.45, 7) is 5.95. The molecule has 1 aromatic carbocycles. The van der Waals surface area contributed by atoms with E-state index in [-0.39, 0.29) is 5.78 Å². The van der Waals surface area contributed by atoms with Crippen LogP contribution in [-0.2, 0) is 0 Å². The molecular formula is C20H21ClN4OS. The molecule has 1 saturated carbocycles. The number of halogens is 1. The van der Waals surface area contributed by atoms with Gasteiger partial charge in [-0.3, -0.25) is 4.79 Å². The predicted octanol–water partition coefficient (Wildman–Crippen LogP) is 4.96. The Hall–Kier alpha value is -2.05. The maximum absolute atomic E-state index is 12.9. The van der Waals surface area contributed by atoms with Gasteiger partial charge in [0.1, 0.15) is 5.82 Å². The molecule has 1 aliphatic rings. The van der Waals surface area contributed by atoms with Gasteiger partial charge < -0.3 is 9.13 Å². The number of rotatable bonds is 6. The normalized spacial score (nSPS) is 13.9. The highest BCUT2D eigenvalue weighted by atomic mass is 35.5. The second kappa shape index (κ2) is 7.17. The highest BCUT2D eigenvalue weighted by Crippen LogP contribution is 2.38. The molecular weight excluding hydrogens is 380 g/mol. The molecule has 0 unspecified atom stereocenters. The molecule has 2 aromatic heterocycles. The van der Waals surface area contributed by atoms with Crippen LogP contribution in [0.3, 0.4) is 0 Å². The van der Waals surface area contributed by atoms with Gasteiger partial charge in [0.15, 0.2) is 10.9 Å². The summed E-state index contributed by atoms with van der Waals surface area (Å²) in [4.78, 5) is 12.9. The van der Waals surface area contributed by atoms with Gasteiger partial charge >= 0.3 is 0 Å². The first-order valence-corrected chi connectivity index (χ1v) is 10.3. The van der Waals surface area contributed by atoms with Crippen LogP contribution in [0.1, 0.15) is 46.5 Å². The number of hydrogen-bond donors (Lipinski definition) is 0. The summed E-state index contributed by atoms with van der Waals surface area (Å²) in [6.07, 6.45) is 2.34.